The number of carbonyl (C=O) groups excluding carboxylic acids is 1. The van der Waals surface area contributed by atoms with Gasteiger partial charge in [0.15, 0.2) is 0 Å². The molecule has 138 valence electrons. The number of nitrogens with zero attached hydrogens (tertiary/aromatic N) is 2. The van der Waals surface area contributed by atoms with Gasteiger partial charge in [-0.15, -0.1) is 0 Å². The van der Waals surface area contributed by atoms with Gasteiger partial charge >= 0.3 is 0 Å². The van der Waals surface area contributed by atoms with Crippen LogP contribution in [-0.4, -0.2) is 33.9 Å². The number of rotatable bonds is 5. The van der Waals surface area contributed by atoms with E-state index in [2.05, 4.69) is 25.6 Å². The largest absolute Gasteiger partial charge is 0.383 e. The van der Waals surface area contributed by atoms with Crippen LogP contribution in [0.4, 0.5) is 10.1 Å². The number of hydrogen-bond donors (Lipinski definition) is 3. The number of fused-ring (bicyclic) bond motifs is 1. The third-order valence-electron chi connectivity index (χ3n) is 4.70. The lowest BCUT2D eigenvalue weighted by molar-refractivity contribution is 0.0950. The second kappa shape index (κ2) is 7.57. The first-order valence-electron chi connectivity index (χ1n) is 8.94. The monoisotopic (exact) mass is 365 g/mol. The van der Waals surface area contributed by atoms with E-state index in [0.717, 1.165) is 22.8 Å². The number of anilines is 1. The van der Waals surface area contributed by atoms with E-state index >= 15 is 0 Å². The zero-order chi connectivity index (χ0) is 18.6. The highest BCUT2D eigenvalue weighted by molar-refractivity contribution is 5.94. The summed E-state index contributed by atoms with van der Waals surface area (Å²) in [5, 5.41) is 6.20. The van der Waals surface area contributed by atoms with Crippen LogP contribution in [0.2, 0.25) is 0 Å². The molecule has 4 rings (SSSR count). The molecule has 0 fully saturated rings. The Kier molecular flexibility index (Phi) is 4.82. The van der Waals surface area contributed by atoms with Gasteiger partial charge < -0.3 is 15.6 Å². The minimum absolute atomic E-state index is 0.0811. The Hall–Kier alpha value is -3.22. The van der Waals surface area contributed by atoms with Crippen molar-refractivity contribution in [1.82, 2.24) is 20.3 Å². The fourth-order valence-corrected chi connectivity index (χ4v) is 3.30. The lowest BCUT2D eigenvalue weighted by Gasteiger charge is -2.14. The Balaban J connectivity index is 1.46. The molecule has 1 aliphatic rings. The van der Waals surface area contributed by atoms with Crippen LogP contribution in [0.25, 0.3) is 0 Å². The fourth-order valence-electron chi connectivity index (χ4n) is 3.30. The van der Waals surface area contributed by atoms with Gasteiger partial charge in [0.1, 0.15) is 17.3 Å². The molecule has 1 atom stereocenters. The molecule has 0 bridgehead atoms. The van der Waals surface area contributed by atoms with E-state index in [0.29, 0.717) is 31.6 Å². The van der Waals surface area contributed by atoms with Crippen LogP contribution in [0, 0.1) is 5.82 Å². The van der Waals surface area contributed by atoms with Gasteiger partial charge in [0.2, 0.25) is 0 Å². The van der Waals surface area contributed by atoms with Crippen LogP contribution in [0.5, 0.6) is 0 Å². The topological polar surface area (TPSA) is 82.7 Å². The molecule has 0 unspecified atom stereocenters. The second-order valence-electron chi connectivity index (χ2n) is 6.59. The van der Waals surface area contributed by atoms with Gasteiger partial charge in [-0.05, 0) is 36.2 Å². The maximum Gasteiger partial charge on any atom is 0.271 e. The number of hydrogen-bond acceptors (Lipinski definition) is 4. The van der Waals surface area contributed by atoms with Crippen molar-refractivity contribution < 1.29 is 9.18 Å². The molecular formula is C20H20FN5O. The highest BCUT2D eigenvalue weighted by Crippen LogP contribution is 2.24. The van der Waals surface area contributed by atoms with Gasteiger partial charge in [-0.1, -0.05) is 12.1 Å². The van der Waals surface area contributed by atoms with Crippen LogP contribution >= 0.6 is 0 Å². The van der Waals surface area contributed by atoms with E-state index in [1.54, 1.807) is 24.5 Å². The molecule has 0 spiro atoms. The molecule has 0 aliphatic carbocycles. The van der Waals surface area contributed by atoms with Gasteiger partial charge in [-0.25, -0.2) is 9.37 Å². The lowest BCUT2D eigenvalue weighted by Crippen LogP contribution is -2.26. The molecule has 0 radical (unpaired) electrons. The molecule has 1 amide bonds. The van der Waals surface area contributed by atoms with Crippen molar-refractivity contribution in [3.8, 4) is 0 Å². The van der Waals surface area contributed by atoms with Crippen LogP contribution in [-0.2, 0) is 12.8 Å². The minimum atomic E-state index is -0.262. The maximum absolute atomic E-state index is 13.2. The summed E-state index contributed by atoms with van der Waals surface area (Å²) in [6, 6.07) is 10.3. The van der Waals surface area contributed by atoms with Gasteiger partial charge in [0.25, 0.3) is 5.91 Å². The van der Waals surface area contributed by atoms with Gasteiger partial charge in [0, 0.05) is 43.5 Å². The number of aromatic amines is 1. The number of H-pyrrole nitrogens is 1. The first-order valence-corrected chi connectivity index (χ1v) is 8.94. The Morgan fingerprint density at radius 2 is 2.07 bits per heavy atom. The average molecular weight is 365 g/mol. The van der Waals surface area contributed by atoms with Crippen LogP contribution < -0.4 is 10.6 Å². The first-order chi connectivity index (χ1) is 13.2. The Morgan fingerprint density at radius 1 is 1.22 bits per heavy atom. The quantitative estimate of drug-likeness (QED) is 0.649. The molecule has 3 N–H and O–H groups in total. The highest BCUT2D eigenvalue weighted by Gasteiger charge is 2.26. The molecule has 3 heterocycles. The molecule has 1 aromatic carbocycles. The fraction of sp³-hybridized carbons (Fsp3) is 0.250. The molecule has 1 aliphatic heterocycles. The number of halogens is 1. The van der Waals surface area contributed by atoms with Crippen molar-refractivity contribution in [3.05, 3.63) is 77.4 Å². The van der Waals surface area contributed by atoms with E-state index in [-0.39, 0.29) is 17.6 Å². The highest BCUT2D eigenvalue weighted by atomic mass is 19.1. The Bertz CT molecular complexity index is 923. The van der Waals surface area contributed by atoms with E-state index in [1.807, 2.05) is 12.1 Å². The number of aromatic nitrogens is 3. The summed E-state index contributed by atoms with van der Waals surface area (Å²) in [5.41, 5.74) is 3.23. The predicted octanol–water partition coefficient (Wildman–Crippen LogP) is 2.67. The number of nitrogens with one attached hydrogen (secondary N) is 3. The van der Waals surface area contributed by atoms with Gasteiger partial charge in [-0.2, -0.15) is 0 Å². The zero-order valence-electron chi connectivity index (χ0n) is 14.7. The molecule has 0 saturated heterocycles. The van der Waals surface area contributed by atoms with Crippen molar-refractivity contribution in [3.63, 3.8) is 0 Å². The first kappa shape index (κ1) is 17.2. The molecule has 2 aromatic heterocycles. The summed E-state index contributed by atoms with van der Waals surface area (Å²) >= 11 is 0. The molecule has 0 saturated carbocycles. The summed E-state index contributed by atoms with van der Waals surface area (Å²) in [7, 11) is 0. The van der Waals surface area contributed by atoms with Crippen LogP contribution in [0.15, 0.2) is 48.8 Å². The van der Waals surface area contributed by atoms with Crippen molar-refractivity contribution in [2.75, 3.05) is 18.4 Å². The smallest absolute Gasteiger partial charge is 0.271 e. The summed E-state index contributed by atoms with van der Waals surface area (Å²) in [5.74, 6) is 0.420. The lowest BCUT2D eigenvalue weighted by atomic mass is 9.94. The molecule has 27 heavy (non-hydrogen) atoms. The SMILES string of the molecule is O=C1NC[C@H](c2ccc(F)cc2)Cc2[nH]c(CCNc3cccnc3)nc21. The number of carbonyl (C=O) groups is 1. The number of amides is 1. The van der Waals surface area contributed by atoms with Crippen LogP contribution in [0.3, 0.4) is 0 Å². The normalized spacial score (nSPS) is 16.3. The van der Waals surface area contributed by atoms with Crippen molar-refractivity contribution in [2.24, 2.45) is 0 Å². The predicted molar refractivity (Wildman–Crippen MR) is 100 cm³/mol. The Morgan fingerprint density at radius 3 is 2.85 bits per heavy atom. The summed E-state index contributed by atoms with van der Waals surface area (Å²) < 4.78 is 13.2. The average Bonchev–Trinajstić information content (AvgIpc) is 3.02. The summed E-state index contributed by atoms with van der Waals surface area (Å²) in [4.78, 5) is 24.2. The van der Waals surface area contributed by atoms with Crippen molar-refractivity contribution >= 4 is 11.6 Å². The van der Waals surface area contributed by atoms with Crippen molar-refractivity contribution in [1.29, 1.82) is 0 Å². The molecule has 6 nitrogen and oxygen atoms in total. The standard InChI is InChI=1S/C20H20FN5O/c21-15-5-3-13(4-6-15)14-10-17-19(20(27)24-11-14)26-18(25-17)7-9-23-16-2-1-8-22-12-16/h1-6,8,12,14,23H,7,9-11H2,(H,24,27)(H,25,26)/t14-/m1/s1. The number of pyridine rings is 1. The summed E-state index contributed by atoms with van der Waals surface area (Å²) in [6.45, 7) is 1.19. The zero-order valence-corrected chi connectivity index (χ0v) is 14.7. The third-order valence-corrected chi connectivity index (χ3v) is 4.70. The van der Waals surface area contributed by atoms with E-state index in [9.17, 15) is 9.18 Å². The number of benzene rings is 1. The minimum Gasteiger partial charge on any atom is -0.383 e. The molecular weight excluding hydrogens is 345 g/mol. The Labute approximate surface area is 156 Å². The third kappa shape index (κ3) is 3.97. The van der Waals surface area contributed by atoms with Crippen molar-refractivity contribution in [2.45, 2.75) is 18.8 Å². The summed E-state index contributed by atoms with van der Waals surface area (Å²) in [6.07, 6.45) is 4.81. The van der Waals surface area contributed by atoms with E-state index < -0.39 is 0 Å². The molecule has 7 heteroatoms. The van der Waals surface area contributed by atoms with E-state index in [1.165, 1.54) is 12.1 Å². The number of imidazole rings is 1. The van der Waals surface area contributed by atoms with Gasteiger partial charge in [0.05, 0.1) is 5.69 Å². The van der Waals surface area contributed by atoms with E-state index in [4.69, 9.17) is 0 Å². The van der Waals surface area contributed by atoms with Crippen LogP contribution in [0.1, 0.15) is 33.5 Å². The van der Waals surface area contributed by atoms with Gasteiger partial charge in [-0.3, -0.25) is 9.78 Å². The second-order valence-corrected chi connectivity index (χ2v) is 6.59. The maximum atomic E-state index is 13.2. The molecule has 3 aromatic rings.